The van der Waals surface area contributed by atoms with Crippen LogP contribution < -0.4 is 0 Å². The van der Waals surface area contributed by atoms with Gasteiger partial charge in [-0.3, -0.25) is 0 Å². The van der Waals surface area contributed by atoms with E-state index in [0.29, 0.717) is 0 Å². The third-order valence-electron chi connectivity index (χ3n) is 2.65. The summed E-state index contributed by atoms with van der Waals surface area (Å²) in [5.41, 5.74) is -0.432. The smallest absolute Gasteiger partial charge is 0.110 e. The highest BCUT2D eigenvalue weighted by molar-refractivity contribution is 4.95. The molecule has 1 N–H and O–H groups in total. The lowest BCUT2D eigenvalue weighted by Crippen LogP contribution is -2.37. The van der Waals surface area contributed by atoms with Crippen LogP contribution in [0.4, 0.5) is 0 Å². The van der Waals surface area contributed by atoms with Crippen LogP contribution in [0.5, 0.6) is 0 Å². The van der Waals surface area contributed by atoms with E-state index in [1.807, 2.05) is 0 Å². The fourth-order valence-corrected chi connectivity index (χ4v) is 1.84. The van der Waals surface area contributed by atoms with Crippen molar-refractivity contribution in [1.82, 2.24) is 0 Å². The van der Waals surface area contributed by atoms with Gasteiger partial charge >= 0.3 is 0 Å². The molecule has 58 valence electrons. The normalized spacial score (nSPS) is 37.5. The molecule has 1 atom stereocenters. The van der Waals surface area contributed by atoms with Crippen molar-refractivity contribution >= 4 is 0 Å². The van der Waals surface area contributed by atoms with Crippen LogP contribution >= 0.6 is 0 Å². The molecule has 2 nitrogen and oxygen atoms in total. The predicted molar refractivity (Wildman–Crippen MR) is 37.8 cm³/mol. The Morgan fingerprint density at radius 2 is 1.80 bits per heavy atom. The van der Waals surface area contributed by atoms with Gasteiger partial charge in [0.1, 0.15) is 6.10 Å². The minimum Gasteiger partial charge on any atom is -0.387 e. The highest BCUT2D eigenvalue weighted by Gasteiger charge is 2.45. The molecule has 10 heavy (non-hydrogen) atoms. The fourth-order valence-electron chi connectivity index (χ4n) is 1.84. The van der Waals surface area contributed by atoms with Crippen LogP contribution in [0.25, 0.3) is 0 Å². The second kappa shape index (κ2) is 2.21. The Bertz CT molecular complexity index is 123. The minimum absolute atomic E-state index is 0.188. The molecule has 0 aromatic rings. The molecule has 2 rings (SSSR count). The molecule has 0 spiro atoms. The first-order chi connectivity index (χ1) is 4.81. The molecule has 0 radical (unpaired) electrons. The Labute approximate surface area is 61.2 Å². The molecule has 0 aromatic heterocycles. The first-order valence-corrected chi connectivity index (χ1v) is 4.15. The molecule has 0 amide bonds. The van der Waals surface area contributed by atoms with Gasteiger partial charge < -0.3 is 9.84 Å². The third-order valence-corrected chi connectivity index (χ3v) is 2.65. The van der Waals surface area contributed by atoms with E-state index in [2.05, 4.69) is 0 Å². The summed E-state index contributed by atoms with van der Waals surface area (Å²) < 4.78 is 5.10. The summed E-state index contributed by atoms with van der Waals surface area (Å²) in [6.45, 7) is 0.788. The van der Waals surface area contributed by atoms with Crippen molar-refractivity contribution in [2.75, 3.05) is 6.61 Å². The van der Waals surface area contributed by atoms with E-state index < -0.39 is 5.60 Å². The number of ether oxygens (including phenoxy) is 1. The summed E-state index contributed by atoms with van der Waals surface area (Å²) in [6.07, 6.45) is 5.74. The first-order valence-electron chi connectivity index (χ1n) is 4.15. The van der Waals surface area contributed by atoms with Gasteiger partial charge in [-0.1, -0.05) is 19.3 Å². The lowest BCUT2D eigenvalue weighted by atomic mass is 9.83. The Hall–Kier alpha value is -0.0800. The summed E-state index contributed by atoms with van der Waals surface area (Å²) >= 11 is 0. The van der Waals surface area contributed by atoms with E-state index in [9.17, 15) is 5.11 Å². The van der Waals surface area contributed by atoms with Crippen LogP contribution in [0.1, 0.15) is 32.1 Å². The number of hydrogen-bond donors (Lipinski definition) is 1. The van der Waals surface area contributed by atoms with Gasteiger partial charge in [0.2, 0.25) is 0 Å². The molecular weight excluding hydrogens is 128 g/mol. The van der Waals surface area contributed by atoms with Gasteiger partial charge in [-0.25, -0.2) is 0 Å². The molecule has 1 saturated heterocycles. The van der Waals surface area contributed by atoms with Gasteiger partial charge in [-0.15, -0.1) is 0 Å². The summed E-state index contributed by atoms with van der Waals surface area (Å²) in [5.74, 6) is 0. The van der Waals surface area contributed by atoms with Crippen molar-refractivity contribution in [1.29, 1.82) is 0 Å². The van der Waals surface area contributed by atoms with Gasteiger partial charge in [0.15, 0.2) is 0 Å². The summed E-state index contributed by atoms with van der Waals surface area (Å²) in [7, 11) is 0. The van der Waals surface area contributed by atoms with Gasteiger partial charge in [0.05, 0.1) is 12.2 Å². The molecule has 0 unspecified atom stereocenters. The number of rotatable bonds is 1. The highest BCUT2D eigenvalue weighted by atomic mass is 16.6. The predicted octanol–water partition coefficient (Wildman–Crippen LogP) is 1.08. The third kappa shape index (κ3) is 1.06. The summed E-state index contributed by atoms with van der Waals surface area (Å²) in [5, 5.41) is 9.89. The highest BCUT2D eigenvalue weighted by Crippen LogP contribution is 2.37. The van der Waals surface area contributed by atoms with Crippen molar-refractivity contribution in [2.24, 2.45) is 0 Å². The maximum atomic E-state index is 9.89. The average molecular weight is 142 g/mol. The molecule has 1 aliphatic carbocycles. The summed E-state index contributed by atoms with van der Waals surface area (Å²) in [6, 6.07) is 0. The molecule has 0 aromatic carbocycles. The van der Waals surface area contributed by atoms with Crippen LogP contribution in [0.2, 0.25) is 0 Å². The van der Waals surface area contributed by atoms with E-state index in [1.165, 1.54) is 19.3 Å². The van der Waals surface area contributed by atoms with Crippen molar-refractivity contribution < 1.29 is 9.84 Å². The monoisotopic (exact) mass is 142 g/mol. The van der Waals surface area contributed by atoms with E-state index in [-0.39, 0.29) is 6.10 Å². The lowest BCUT2D eigenvalue weighted by molar-refractivity contribution is -0.0204. The molecule has 2 heteroatoms. The number of epoxide rings is 1. The standard InChI is InChI=1S/C8H14O2/c9-8(7-6-10-7)4-2-1-3-5-8/h7,9H,1-6H2/t7-/m0/s1. The van der Waals surface area contributed by atoms with E-state index in [1.54, 1.807) is 0 Å². The van der Waals surface area contributed by atoms with Crippen LogP contribution in [0, 0.1) is 0 Å². The SMILES string of the molecule is OC1([C@@H]2CO2)CCCCC1. The Morgan fingerprint density at radius 1 is 1.20 bits per heavy atom. The van der Waals surface area contributed by atoms with Crippen LogP contribution in [0.15, 0.2) is 0 Å². The topological polar surface area (TPSA) is 32.8 Å². The zero-order valence-corrected chi connectivity index (χ0v) is 6.18. The largest absolute Gasteiger partial charge is 0.387 e. The second-order valence-corrected chi connectivity index (χ2v) is 3.49. The number of aliphatic hydroxyl groups is 1. The van der Waals surface area contributed by atoms with E-state index in [4.69, 9.17) is 4.74 Å². The van der Waals surface area contributed by atoms with Crippen molar-refractivity contribution in [3.05, 3.63) is 0 Å². The Morgan fingerprint density at radius 3 is 2.30 bits per heavy atom. The molecule has 0 bridgehead atoms. The zero-order valence-electron chi connectivity index (χ0n) is 6.18. The van der Waals surface area contributed by atoms with Crippen LogP contribution in [-0.4, -0.2) is 23.4 Å². The number of hydrogen-bond acceptors (Lipinski definition) is 2. The maximum absolute atomic E-state index is 9.89. The van der Waals surface area contributed by atoms with Gasteiger partial charge in [-0.2, -0.15) is 0 Å². The molecule has 1 aliphatic heterocycles. The minimum atomic E-state index is -0.432. The Balaban J connectivity index is 1.97. The van der Waals surface area contributed by atoms with Gasteiger partial charge in [-0.05, 0) is 12.8 Å². The maximum Gasteiger partial charge on any atom is 0.110 e. The average Bonchev–Trinajstić information content (AvgIpc) is 2.69. The quantitative estimate of drug-likeness (QED) is 0.556. The van der Waals surface area contributed by atoms with Gasteiger partial charge in [0.25, 0.3) is 0 Å². The lowest BCUT2D eigenvalue weighted by Gasteiger charge is -2.30. The molecule has 2 fully saturated rings. The second-order valence-electron chi connectivity index (χ2n) is 3.49. The van der Waals surface area contributed by atoms with E-state index in [0.717, 1.165) is 19.4 Å². The van der Waals surface area contributed by atoms with E-state index >= 15 is 0 Å². The van der Waals surface area contributed by atoms with Crippen molar-refractivity contribution in [3.8, 4) is 0 Å². The van der Waals surface area contributed by atoms with Crippen LogP contribution in [0.3, 0.4) is 0 Å². The van der Waals surface area contributed by atoms with Crippen LogP contribution in [-0.2, 0) is 4.74 Å². The molecular formula is C8H14O2. The summed E-state index contributed by atoms with van der Waals surface area (Å²) in [4.78, 5) is 0. The van der Waals surface area contributed by atoms with Crippen molar-refractivity contribution in [2.45, 2.75) is 43.8 Å². The molecule has 2 aliphatic rings. The fraction of sp³-hybridized carbons (Fsp3) is 1.00. The molecule has 1 heterocycles. The van der Waals surface area contributed by atoms with Crippen molar-refractivity contribution in [3.63, 3.8) is 0 Å². The Kier molecular flexibility index (Phi) is 1.46. The van der Waals surface area contributed by atoms with Gasteiger partial charge in [0, 0.05) is 0 Å². The molecule has 1 saturated carbocycles. The first kappa shape index (κ1) is 6.62. The zero-order chi connectivity index (χ0) is 7.03.